The normalized spacial score (nSPS) is 12.1. The first-order chi connectivity index (χ1) is 11.0. The maximum Gasteiger partial charge on any atom is 0.269 e. The van der Waals surface area contributed by atoms with Crippen LogP contribution in [0.25, 0.3) is 0 Å². The van der Waals surface area contributed by atoms with Gasteiger partial charge >= 0.3 is 0 Å². The van der Waals surface area contributed by atoms with Crippen molar-refractivity contribution >= 4 is 22.9 Å². The van der Waals surface area contributed by atoms with Crippen LogP contribution in [0.5, 0.6) is 0 Å². The van der Waals surface area contributed by atoms with Crippen LogP contribution in [-0.4, -0.2) is 36.4 Å². The molecule has 1 amide bonds. The predicted octanol–water partition coefficient (Wildman–Crippen LogP) is 2.62. The molecule has 7 heteroatoms. The molecule has 1 atom stereocenters. The number of nitrogens with zero attached hydrogens (tertiary/aromatic N) is 2. The minimum atomic E-state index is -0.452. The number of rotatable bonds is 7. The van der Waals surface area contributed by atoms with Crippen LogP contribution in [0, 0.1) is 10.1 Å². The van der Waals surface area contributed by atoms with Gasteiger partial charge in [0.25, 0.3) is 5.69 Å². The summed E-state index contributed by atoms with van der Waals surface area (Å²) >= 11 is 1.66. The average molecular weight is 333 g/mol. The van der Waals surface area contributed by atoms with Gasteiger partial charge in [-0.05, 0) is 31.1 Å². The summed E-state index contributed by atoms with van der Waals surface area (Å²) in [6, 6.07) is 10.2. The SMILES string of the molecule is CN(C)[C@H](CNC(=O)Cc1ccc([N+](=O)[O-])cc1)c1cccs1. The molecule has 1 aromatic heterocycles. The quantitative estimate of drug-likeness (QED) is 0.624. The third kappa shape index (κ3) is 4.87. The number of carbonyl (C=O) groups excluding carboxylic acids is 1. The molecule has 2 aromatic rings. The highest BCUT2D eigenvalue weighted by molar-refractivity contribution is 7.10. The Morgan fingerprint density at radius 2 is 2.00 bits per heavy atom. The number of nitrogens with one attached hydrogen (secondary N) is 1. The van der Waals surface area contributed by atoms with Gasteiger partial charge in [0.1, 0.15) is 0 Å². The van der Waals surface area contributed by atoms with E-state index in [1.54, 1.807) is 23.5 Å². The Kier molecular flexibility index (Phi) is 5.84. The Bertz CT molecular complexity index is 654. The van der Waals surface area contributed by atoms with Gasteiger partial charge < -0.3 is 10.2 Å². The van der Waals surface area contributed by atoms with Gasteiger partial charge in [-0.25, -0.2) is 0 Å². The molecular weight excluding hydrogens is 314 g/mol. The van der Waals surface area contributed by atoms with Gasteiger partial charge in [-0.1, -0.05) is 18.2 Å². The van der Waals surface area contributed by atoms with Gasteiger partial charge in [0.15, 0.2) is 0 Å². The van der Waals surface area contributed by atoms with E-state index in [1.165, 1.54) is 17.0 Å². The monoisotopic (exact) mass is 333 g/mol. The highest BCUT2D eigenvalue weighted by Gasteiger charge is 2.16. The average Bonchev–Trinajstić information content (AvgIpc) is 3.01. The van der Waals surface area contributed by atoms with E-state index in [0.717, 1.165) is 5.56 Å². The van der Waals surface area contributed by atoms with Crippen LogP contribution in [0.15, 0.2) is 41.8 Å². The molecule has 6 nitrogen and oxygen atoms in total. The largest absolute Gasteiger partial charge is 0.354 e. The van der Waals surface area contributed by atoms with Gasteiger partial charge in [0.2, 0.25) is 5.91 Å². The zero-order chi connectivity index (χ0) is 16.8. The summed E-state index contributed by atoms with van der Waals surface area (Å²) in [7, 11) is 3.96. The van der Waals surface area contributed by atoms with E-state index >= 15 is 0 Å². The number of hydrogen-bond donors (Lipinski definition) is 1. The second kappa shape index (κ2) is 7.85. The van der Waals surface area contributed by atoms with Gasteiger partial charge in [0, 0.05) is 23.6 Å². The lowest BCUT2D eigenvalue weighted by atomic mass is 10.1. The van der Waals surface area contributed by atoms with Crippen LogP contribution in [0.3, 0.4) is 0 Å². The summed E-state index contributed by atoms with van der Waals surface area (Å²) in [4.78, 5) is 25.5. The number of benzene rings is 1. The van der Waals surface area contributed by atoms with Crippen molar-refractivity contribution in [1.82, 2.24) is 10.2 Å². The molecule has 0 aliphatic carbocycles. The molecule has 2 rings (SSSR count). The zero-order valence-electron chi connectivity index (χ0n) is 13.1. The molecule has 122 valence electrons. The number of amides is 1. The maximum atomic E-state index is 12.1. The zero-order valence-corrected chi connectivity index (χ0v) is 13.9. The fourth-order valence-electron chi connectivity index (χ4n) is 2.21. The van der Waals surface area contributed by atoms with Gasteiger partial charge in [-0.15, -0.1) is 11.3 Å². The van der Waals surface area contributed by atoms with E-state index in [9.17, 15) is 14.9 Å². The standard InChI is InChI=1S/C16H19N3O3S/c1-18(2)14(15-4-3-9-23-15)11-17-16(20)10-12-5-7-13(8-6-12)19(21)22/h3-9,14H,10-11H2,1-2H3,(H,17,20)/t14-/m1/s1. The van der Waals surface area contributed by atoms with Crippen LogP contribution >= 0.6 is 11.3 Å². The van der Waals surface area contributed by atoms with Crippen molar-refractivity contribution in [2.24, 2.45) is 0 Å². The number of hydrogen-bond acceptors (Lipinski definition) is 5. The van der Waals surface area contributed by atoms with Crippen molar-refractivity contribution < 1.29 is 9.72 Å². The van der Waals surface area contributed by atoms with Gasteiger partial charge in [0.05, 0.1) is 17.4 Å². The number of nitro benzene ring substituents is 1. The highest BCUT2D eigenvalue weighted by Crippen LogP contribution is 2.22. The molecule has 0 aliphatic heterocycles. The fourth-order valence-corrected chi connectivity index (χ4v) is 3.14. The highest BCUT2D eigenvalue weighted by atomic mass is 32.1. The van der Waals surface area contributed by atoms with Gasteiger partial charge in [-0.3, -0.25) is 14.9 Å². The number of nitro groups is 1. The Hall–Kier alpha value is -2.25. The topological polar surface area (TPSA) is 75.5 Å². The Labute approximate surface area is 138 Å². The fraction of sp³-hybridized carbons (Fsp3) is 0.312. The second-order valence-electron chi connectivity index (χ2n) is 5.40. The number of carbonyl (C=O) groups is 1. The molecule has 0 aliphatic rings. The van der Waals surface area contributed by atoms with Crippen LogP contribution in [-0.2, 0) is 11.2 Å². The molecule has 0 unspecified atom stereocenters. The van der Waals surface area contributed by atoms with Crippen molar-refractivity contribution in [1.29, 1.82) is 0 Å². The summed E-state index contributed by atoms with van der Waals surface area (Å²) in [5, 5.41) is 15.6. The van der Waals surface area contributed by atoms with Crippen LogP contribution < -0.4 is 5.32 Å². The van der Waals surface area contributed by atoms with E-state index in [0.29, 0.717) is 6.54 Å². The number of likely N-dealkylation sites (N-methyl/N-ethyl adjacent to an activating group) is 1. The van der Waals surface area contributed by atoms with Crippen LogP contribution in [0.1, 0.15) is 16.5 Å². The van der Waals surface area contributed by atoms with Crippen molar-refractivity contribution in [3.8, 4) is 0 Å². The molecule has 23 heavy (non-hydrogen) atoms. The lowest BCUT2D eigenvalue weighted by Gasteiger charge is -2.23. The maximum absolute atomic E-state index is 12.1. The van der Waals surface area contributed by atoms with Crippen molar-refractivity contribution in [2.45, 2.75) is 12.5 Å². The minimum absolute atomic E-state index is 0.0273. The predicted molar refractivity (Wildman–Crippen MR) is 90.6 cm³/mol. The third-order valence-corrected chi connectivity index (χ3v) is 4.47. The van der Waals surface area contributed by atoms with E-state index in [2.05, 4.69) is 16.3 Å². The summed E-state index contributed by atoms with van der Waals surface area (Å²) in [6.45, 7) is 0.527. The molecule has 1 heterocycles. The number of non-ortho nitro benzene ring substituents is 1. The van der Waals surface area contributed by atoms with Crippen molar-refractivity contribution in [2.75, 3.05) is 20.6 Å². The molecule has 1 N–H and O–H groups in total. The minimum Gasteiger partial charge on any atom is -0.354 e. The third-order valence-electron chi connectivity index (χ3n) is 3.50. The molecule has 0 saturated carbocycles. The Morgan fingerprint density at radius 1 is 1.30 bits per heavy atom. The summed E-state index contributed by atoms with van der Waals surface area (Å²) < 4.78 is 0. The molecule has 1 aromatic carbocycles. The molecular formula is C16H19N3O3S. The first-order valence-electron chi connectivity index (χ1n) is 7.17. The summed E-state index contributed by atoms with van der Waals surface area (Å²) in [6.07, 6.45) is 0.211. The Morgan fingerprint density at radius 3 is 2.52 bits per heavy atom. The van der Waals surface area contributed by atoms with Crippen LogP contribution in [0.4, 0.5) is 5.69 Å². The van der Waals surface area contributed by atoms with Gasteiger partial charge in [-0.2, -0.15) is 0 Å². The first-order valence-corrected chi connectivity index (χ1v) is 8.05. The van der Waals surface area contributed by atoms with E-state index in [1.807, 2.05) is 25.5 Å². The molecule has 0 bridgehead atoms. The van der Waals surface area contributed by atoms with E-state index < -0.39 is 4.92 Å². The lowest BCUT2D eigenvalue weighted by molar-refractivity contribution is -0.384. The smallest absolute Gasteiger partial charge is 0.269 e. The second-order valence-corrected chi connectivity index (χ2v) is 6.38. The molecule has 0 fully saturated rings. The van der Waals surface area contributed by atoms with Crippen molar-refractivity contribution in [3.05, 3.63) is 62.3 Å². The molecule has 0 saturated heterocycles. The van der Waals surface area contributed by atoms with Crippen LogP contribution in [0.2, 0.25) is 0 Å². The first kappa shape index (κ1) is 17.1. The summed E-state index contributed by atoms with van der Waals surface area (Å²) in [5.41, 5.74) is 0.783. The number of thiophene rings is 1. The van der Waals surface area contributed by atoms with E-state index in [-0.39, 0.29) is 24.1 Å². The van der Waals surface area contributed by atoms with Crippen molar-refractivity contribution in [3.63, 3.8) is 0 Å². The lowest BCUT2D eigenvalue weighted by Crippen LogP contribution is -2.34. The molecule has 0 radical (unpaired) electrons. The Balaban J connectivity index is 1.90. The molecule has 0 spiro atoms. The van der Waals surface area contributed by atoms with E-state index in [4.69, 9.17) is 0 Å². The summed E-state index contributed by atoms with van der Waals surface area (Å²) in [5.74, 6) is -0.0951.